The largest absolute Gasteiger partial charge is 0.378 e. The fraction of sp³-hybridized carbons (Fsp3) is 0.667. The van der Waals surface area contributed by atoms with Gasteiger partial charge in [0.05, 0.1) is 6.10 Å². The van der Waals surface area contributed by atoms with Crippen molar-refractivity contribution in [1.82, 2.24) is 10.6 Å². The Morgan fingerprint density at radius 3 is 3.00 bits per heavy atom. The van der Waals surface area contributed by atoms with Crippen LogP contribution in [0, 0.1) is 0 Å². The molecule has 0 spiro atoms. The van der Waals surface area contributed by atoms with E-state index in [0.717, 1.165) is 32.1 Å². The molecule has 0 saturated carbocycles. The first-order chi connectivity index (χ1) is 9.79. The molecule has 0 aromatic carbocycles. The van der Waals surface area contributed by atoms with E-state index in [1.54, 1.807) is 0 Å². The average molecular weight is 423 g/mol. The predicted octanol–water partition coefficient (Wildman–Crippen LogP) is 3.20. The van der Waals surface area contributed by atoms with E-state index in [9.17, 15) is 0 Å². The van der Waals surface area contributed by atoms with Crippen LogP contribution in [0.15, 0.2) is 22.5 Å². The van der Waals surface area contributed by atoms with E-state index in [1.165, 1.54) is 17.7 Å². The maximum atomic E-state index is 5.62. The first-order valence-electron chi connectivity index (χ1n) is 7.39. The molecule has 2 unspecified atom stereocenters. The summed E-state index contributed by atoms with van der Waals surface area (Å²) in [7, 11) is 1.82. The maximum Gasteiger partial charge on any atom is 0.190 e. The molecular formula is C15H26IN3OS. The zero-order valence-corrected chi connectivity index (χ0v) is 15.9. The van der Waals surface area contributed by atoms with Gasteiger partial charge in [-0.2, -0.15) is 0 Å². The molecule has 4 nitrogen and oxygen atoms in total. The van der Waals surface area contributed by atoms with Gasteiger partial charge in [-0.15, -0.1) is 35.3 Å². The standard InChI is InChI=1S/C15H25N3OS.HI/c1-12(14-6-4-10-20-14)11-18-15(16-2)17-8-7-13-5-3-9-19-13;/h4,6,10,12-13H,3,5,7-9,11H2,1-2H3,(H2,16,17,18);1H. The highest BCUT2D eigenvalue weighted by molar-refractivity contribution is 14.0. The van der Waals surface area contributed by atoms with Crippen LogP contribution in [-0.4, -0.2) is 38.8 Å². The zero-order valence-electron chi connectivity index (χ0n) is 12.8. The van der Waals surface area contributed by atoms with Gasteiger partial charge < -0.3 is 15.4 Å². The van der Waals surface area contributed by atoms with Crippen molar-refractivity contribution in [3.63, 3.8) is 0 Å². The maximum absolute atomic E-state index is 5.62. The van der Waals surface area contributed by atoms with Gasteiger partial charge >= 0.3 is 0 Å². The van der Waals surface area contributed by atoms with Gasteiger partial charge in [0, 0.05) is 37.5 Å². The Morgan fingerprint density at radius 2 is 2.38 bits per heavy atom. The highest BCUT2D eigenvalue weighted by Gasteiger charge is 2.15. The summed E-state index contributed by atoms with van der Waals surface area (Å²) in [6, 6.07) is 4.29. The molecule has 0 aliphatic carbocycles. The normalized spacial score (nSPS) is 19.9. The van der Waals surface area contributed by atoms with Crippen LogP contribution in [0.5, 0.6) is 0 Å². The molecule has 21 heavy (non-hydrogen) atoms. The Balaban J connectivity index is 0.00000220. The number of hydrogen-bond donors (Lipinski definition) is 2. The summed E-state index contributed by atoms with van der Waals surface area (Å²) >= 11 is 1.81. The molecular weight excluding hydrogens is 397 g/mol. The molecule has 2 rings (SSSR count). The highest BCUT2D eigenvalue weighted by atomic mass is 127. The SMILES string of the molecule is CN=C(NCCC1CCCO1)NCC(C)c1cccs1.I. The number of rotatable bonds is 6. The van der Waals surface area contributed by atoms with E-state index in [1.807, 2.05) is 18.4 Å². The van der Waals surface area contributed by atoms with E-state index in [0.29, 0.717) is 12.0 Å². The van der Waals surface area contributed by atoms with Gasteiger partial charge in [0.2, 0.25) is 0 Å². The highest BCUT2D eigenvalue weighted by Crippen LogP contribution is 2.19. The lowest BCUT2D eigenvalue weighted by molar-refractivity contribution is 0.105. The number of halogens is 1. The van der Waals surface area contributed by atoms with Crippen molar-refractivity contribution >= 4 is 41.3 Å². The van der Waals surface area contributed by atoms with E-state index in [4.69, 9.17) is 4.74 Å². The number of nitrogens with one attached hydrogen (secondary N) is 2. The van der Waals surface area contributed by atoms with Crippen molar-refractivity contribution in [2.24, 2.45) is 4.99 Å². The van der Waals surface area contributed by atoms with Crippen molar-refractivity contribution in [3.05, 3.63) is 22.4 Å². The molecule has 120 valence electrons. The predicted molar refractivity (Wildman–Crippen MR) is 101 cm³/mol. The molecule has 0 amide bonds. The van der Waals surface area contributed by atoms with Gasteiger partial charge in [0.25, 0.3) is 0 Å². The lowest BCUT2D eigenvalue weighted by Gasteiger charge is -2.16. The minimum Gasteiger partial charge on any atom is -0.378 e. The van der Waals surface area contributed by atoms with Crippen molar-refractivity contribution in [1.29, 1.82) is 0 Å². The number of ether oxygens (including phenoxy) is 1. The molecule has 6 heteroatoms. The number of hydrogen-bond acceptors (Lipinski definition) is 3. The molecule has 1 aromatic rings. The zero-order chi connectivity index (χ0) is 14.2. The number of thiophene rings is 1. The average Bonchev–Trinajstić information content (AvgIpc) is 3.14. The third-order valence-corrected chi connectivity index (χ3v) is 4.71. The van der Waals surface area contributed by atoms with Gasteiger partial charge in [-0.3, -0.25) is 4.99 Å². The second-order valence-electron chi connectivity index (χ2n) is 5.22. The summed E-state index contributed by atoms with van der Waals surface area (Å²) in [6.45, 7) is 4.98. The second-order valence-corrected chi connectivity index (χ2v) is 6.20. The second kappa shape index (κ2) is 10.4. The van der Waals surface area contributed by atoms with Gasteiger partial charge in [0.1, 0.15) is 0 Å². The van der Waals surface area contributed by atoms with Crippen molar-refractivity contribution < 1.29 is 4.74 Å². The molecule has 1 aromatic heterocycles. The fourth-order valence-corrected chi connectivity index (χ4v) is 3.15. The Kier molecular flexibility index (Phi) is 9.26. The molecule has 1 aliphatic heterocycles. The Labute approximate surface area is 148 Å². The van der Waals surface area contributed by atoms with Crippen LogP contribution in [0.1, 0.15) is 37.0 Å². The van der Waals surface area contributed by atoms with E-state index < -0.39 is 0 Å². The lowest BCUT2D eigenvalue weighted by Crippen LogP contribution is -2.40. The van der Waals surface area contributed by atoms with Gasteiger partial charge in [0.15, 0.2) is 5.96 Å². The van der Waals surface area contributed by atoms with Crippen LogP contribution in [-0.2, 0) is 4.74 Å². The van der Waals surface area contributed by atoms with Crippen LogP contribution < -0.4 is 10.6 Å². The molecule has 2 heterocycles. The number of nitrogens with zero attached hydrogens (tertiary/aromatic N) is 1. The molecule has 2 atom stereocenters. The summed E-state index contributed by atoms with van der Waals surface area (Å²) in [4.78, 5) is 5.67. The van der Waals surface area contributed by atoms with Crippen molar-refractivity contribution in [2.75, 3.05) is 26.7 Å². The third kappa shape index (κ3) is 6.52. The Bertz CT molecular complexity index is 405. The van der Waals surface area contributed by atoms with Crippen molar-refractivity contribution in [2.45, 2.75) is 38.2 Å². The minimum atomic E-state index is 0. The summed E-state index contributed by atoms with van der Waals surface area (Å²) in [5, 5.41) is 8.87. The number of aliphatic imine (C=N–C) groups is 1. The number of guanidine groups is 1. The summed E-state index contributed by atoms with van der Waals surface area (Å²) in [6.07, 6.45) is 3.89. The summed E-state index contributed by atoms with van der Waals surface area (Å²) < 4.78 is 5.62. The summed E-state index contributed by atoms with van der Waals surface area (Å²) in [5.41, 5.74) is 0. The molecule has 2 N–H and O–H groups in total. The topological polar surface area (TPSA) is 45.7 Å². The molecule has 1 fully saturated rings. The third-order valence-electron chi connectivity index (χ3n) is 3.61. The van der Waals surface area contributed by atoms with E-state index in [-0.39, 0.29) is 24.0 Å². The summed E-state index contributed by atoms with van der Waals surface area (Å²) in [5.74, 6) is 1.39. The molecule has 1 aliphatic rings. The monoisotopic (exact) mass is 423 g/mol. The van der Waals surface area contributed by atoms with Crippen molar-refractivity contribution in [3.8, 4) is 0 Å². The Hall–Kier alpha value is -0.340. The van der Waals surface area contributed by atoms with E-state index >= 15 is 0 Å². The fourth-order valence-electron chi connectivity index (χ4n) is 2.37. The van der Waals surface area contributed by atoms with Crippen LogP contribution in [0.4, 0.5) is 0 Å². The van der Waals surface area contributed by atoms with Gasteiger partial charge in [-0.25, -0.2) is 0 Å². The molecule has 0 radical (unpaired) electrons. The first-order valence-corrected chi connectivity index (χ1v) is 8.27. The molecule has 1 saturated heterocycles. The van der Waals surface area contributed by atoms with Gasteiger partial charge in [-0.1, -0.05) is 13.0 Å². The smallest absolute Gasteiger partial charge is 0.190 e. The van der Waals surface area contributed by atoms with Gasteiger partial charge in [-0.05, 0) is 30.7 Å². The van der Waals surface area contributed by atoms with E-state index in [2.05, 4.69) is 40.1 Å². The van der Waals surface area contributed by atoms with Crippen LogP contribution >= 0.6 is 35.3 Å². The molecule has 0 bridgehead atoms. The minimum absolute atomic E-state index is 0. The quantitative estimate of drug-likeness (QED) is 0.420. The Morgan fingerprint density at radius 1 is 1.52 bits per heavy atom. The first kappa shape index (κ1) is 18.7. The lowest BCUT2D eigenvalue weighted by atomic mass is 10.1. The van der Waals surface area contributed by atoms with Crippen LogP contribution in [0.3, 0.4) is 0 Å². The van der Waals surface area contributed by atoms with Crippen LogP contribution in [0.25, 0.3) is 0 Å². The van der Waals surface area contributed by atoms with Crippen LogP contribution in [0.2, 0.25) is 0 Å².